The van der Waals surface area contributed by atoms with Crippen molar-refractivity contribution in [2.45, 2.75) is 32.6 Å². The lowest BCUT2D eigenvalue weighted by Gasteiger charge is -2.26. The third-order valence-corrected chi connectivity index (χ3v) is 5.61. The highest BCUT2D eigenvalue weighted by Crippen LogP contribution is 2.23. The topological polar surface area (TPSA) is 70.7 Å². The monoisotopic (exact) mass is 503 g/mol. The lowest BCUT2D eigenvalue weighted by Crippen LogP contribution is -2.35. The Kier molecular flexibility index (Phi) is 8.43. The number of hydrogen-bond acceptors (Lipinski definition) is 4. The molecular weight excluding hydrogens is 478 g/mol. The highest BCUT2D eigenvalue weighted by molar-refractivity contribution is 9.10. The van der Waals surface area contributed by atoms with Gasteiger partial charge in [-0.25, -0.2) is 0 Å². The Hall–Kier alpha value is -2.45. The summed E-state index contributed by atoms with van der Waals surface area (Å²) in [5, 5.41) is 5.84. The van der Waals surface area contributed by atoms with E-state index in [0.29, 0.717) is 29.2 Å². The van der Waals surface area contributed by atoms with Gasteiger partial charge in [-0.1, -0.05) is 22.9 Å². The van der Waals surface area contributed by atoms with E-state index >= 15 is 0 Å². The lowest BCUT2D eigenvalue weighted by molar-refractivity contribution is 0.0724. The van der Waals surface area contributed by atoms with E-state index in [-0.39, 0.29) is 16.9 Å². The summed E-state index contributed by atoms with van der Waals surface area (Å²) in [5.41, 5.74) is 1.74. The molecule has 0 atom stereocenters. The molecule has 2 aromatic rings. The molecule has 0 unspecified atom stereocenters. The molecule has 0 radical (unpaired) electrons. The fraction of sp³-hybridized carbons (Fsp3) is 0.348. The van der Waals surface area contributed by atoms with Crippen LogP contribution >= 0.6 is 28.1 Å². The molecule has 164 valence electrons. The average molecular weight is 504 g/mol. The van der Waals surface area contributed by atoms with Crippen LogP contribution in [0.4, 0.5) is 5.69 Å². The second kappa shape index (κ2) is 11.2. The van der Waals surface area contributed by atoms with Gasteiger partial charge in [0.1, 0.15) is 5.75 Å². The van der Waals surface area contributed by atoms with Crippen molar-refractivity contribution in [3.8, 4) is 5.75 Å². The number of piperidine rings is 1. The number of likely N-dealkylation sites (tertiary alicyclic amines) is 1. The summed E-state index contributed by atoms with van der Waals surface area (Å²) in [6.45, 7) is 4.15. The summed E-state index contributed by atoms with van der Waals surface area (Å²) in [6, 6.07) is 12.4. The summed E-state index contributed by atoms with van der Waals surface area (Å²) in [5.74, 6) is 0.198. The Balaban J connectivity index is 1.60. The zero-order valence-electron chi connectivity index (χ0n) is 17.4. The van der Waals surface area contributed by atoms with Crippen molar-refractivity contribution in [3.05, 3.63) is 58.1 Å². The molecule has 31 heavy (non-hydrogen) atoms. The second-order valence-electron chi connectivity index (χ2n) is 7.33. The summed E-state index contributed by atoms with van der Waals surface area (Å²) in [6.07, 6.45) is 4.14. The summed E-state index contributed by atoms with van der Waals surface area (Å²) < 4.78 is 6.44. The molecule has 0 saturated carbocycles. The molecular formula is C23H26BrN3O3S. The number of carbonyl (C=O) groups excluding carboxylic acids is 2. The van der Waals surface area contributed by atoms with E-state index in [4.69, 9.17) is 17.0 Å². The summed E-state index contributed by atoms with van der Waals surface area (Å²) >= 11 is 8.68. The van der Waals surface area contributed by atoms with Crippen LogP contribution in [0.5, 0.6) is 5.75 Å². The molecule has 0 bridgehead atoms. The number of ether oxygens (including phenoxy) is 1. The van der Waals surface area contributed by atoms with Gasteiger partial charge in [-0.15, -0.1) is 0 Å². The number of amides is 2. The van der Waals surface area contributed by atoms with Gasteiger partial charge >= 0.3 is 0 Å². The standard InChI is InChI=1S/C23H26BrN3O3S/c1-2-14-30-20-11-8-17(24)15-19(20)21(28)26-23(31)25-18-9-6-16(7-10-18)22(29)27-12-4-3-5-13-27/h6-11,15H,2-5,12-14H2,1H3,(H2,25,26,28,31). The Labute approximate surface area is 196 Å². The quantitative estimate of drug-likeness (QED) is 0.543. The number of thiocarbonyl (C=S) groups is 1. The van der Waals surface area contributed by atoms with Gasteiger partial charge in [-0.3, -0.25) is 14.9 Å². The van der Waals surface area contributed by atoms with E-state index in [2.05, 4.69) is 26.6 Å². The van der Waals surface area contributed by atoms with Crippen LogP contribution in [-0.4, -0.2) is 41.5 Å². The Morgan fingerprint density at radius 3 is 2.48 bits per heavy atom. The molecule has 2 amide bonds. The van der Waals surface area contributed by atoms with Gasteiger partial charge in [0.2, 0.25) is 0 Å². The smallest absolute Gasteiger partial charge is 0.261 e. The average Bonchev–Trinajstić information content (AvgIpc) is 2.78. The third-order valence-electron chi connectivity index (χ3n) is 4.91. The maximum atomic E-state index is 12.7. The van der Waals surface area contributed by atoms with Crippen LogP contribution in [0.15, 0.2) is 46.9 Å². The minimum Gasteiger partial charge on any atom is -0.493 e. The highest BCUT2D eigenvalue weighted by Gasteiger charge is 2.18. The van der Waals surface area contributed by atoms with Gasteiger partial charge in [0.05, 0.1) is 12.2 Å². The van der Waals surface area contributed by atoms with Crippen LogP contribution in [0.2, 0.25) is 0 Å². The van der Waals surface area contributed by atoms with E-state index in [9.17, 15) is 9.59 Å². The molecule has 2 N–H and O–H groups in total. The van der Waals surface area contributed by atoms with E-state index in [1.54, 1.807) is 36.4 Å². The Bertz CT molecular complexity index is 944. The van der Waals surface area contributed by atoms with Crippen molar-refractivity contribution in [1.29, 1.82) is 0 Å². The number of benzene rings is 2. The first-order valence-electron chi connectivity index (χ1n) is 10.4. The lowest BCUT2D eigenvalue weighted by atomic mass is 10.1. The first kappa shape index (κ1) is 23.2. The van der Waals surface area contributed by atoms with Crippen molar-refractivity contribution >= 4 is 50.8 Å². The maximum absolute atomic E-state index is 12.7. The number of hydrogen-bond donors (Lipinski definition) is 2. The van der Waals surface area contributed by atoms with E-state index in [1.165, 1.54) is 6.42 Å². The molecule has 1 heterocycles. The Morgan fingerprint density at radius 2 is 1.81 bits per heavy atom. The molecule has 6 nitrogen and oxygen atoms in total. The van der Waals surface area contributed by atoms with Crippen molar-refractivity contribution in [2.75, 3.05) is 25.0 Å². The van der Waals surface area contributed by atoms with Gasteiger partial charge in [0, 0.05) is 28.8 Å². The van der Waals surface area contributed by atoms with Gasteiger partial charge < -0.3 is 15.0 Å². The van der Waals surface area contributed by atoms with Gasteiger partial charge in [-0.2, -0.15) is 0 Å². The zero-order chi connectivity index (χ0) is 22.2. The van der Waals surface area contributed by atoms with E-state index in [1.807, 2.05) is 17.9 Å². The van der Waals surface area contributed by atoms with Gasteiger partial charge in [0.25, 0.3) is 11.8 Å². The minimum atomic E-state index is -0.359. The molecule has 1 aliphatic heterocycles. The molecule has 8 heteroatoms. The number of nitrogens with zero attached hydrogens (tertiary/aromatic N) is 1. The predicted molar refractivity (Wildman–Crippen MR) is 130 cm³/mol. The molecule has 1 saturated heterocycles. The van der Waals surface area contributed by atoms with Crippen LogP contribution in [-0.2, 0) is 0 Å². The maximum Gasteiger partial charge on any atom is 0.261 e. The summed E-state index contributed by atoms with van der Waals surface area (Å²) in [4.78, 5) is 27.2. The highest BCUT2D eigenvalue weighted by atomic mass is 79.9. The van der Waals surface area contributed by atoms with Crippen LogP contribution < -0.4 is 15.4 Å². The number of nitrogens with one attached hydrogen (secondary N) is 2. The predicted octanol–water partition coefficient (Wildman–Crippen LogP) is 4.99. The van der Waals surface area contributed by atoms with Crippen LogP contribution in [0.25, 0.3) is 0 Å². The number of anilines is 1. The SMILES string of the molecule is CCCOc1ccc(Br)cc1C(=O)NC(=S)Nc1ccc(C(=O)N2CCCCC2)cc1. The molecule has 1 fully saturated rings. The van der Waals surface area contributed by atoms with Crippen molar-refractivity contribution in [2.24, 2.45) is 0 Å². The van der Waals surface area contributed by atoms with Crippen molar-refractivity contribution in [1.82, 2.24) is 10.2 Å². The van der Waals surface area contributed by atoms with Crippen molar-refractivity contribution in [3.63, 3.8) is 0 Å². The Morgan fingerprint density at radius 1 is 1.10 bits per heavy atom. The first-order valence-corrected chi connectivity index (χ1v) is 11.6. The van der Waals surface area contributed by atoms with Gasteiger partial charge in [0.15, 0.2) is 5.11 Å². The molecule has 0 spiro atoms. The third kappa shape index (κ3) is 6.51. The number of carbonyl (C=O) groups is 2. The van der Waals surface area contributed by atoms with Crippen LogP contribution in [0.1, 0.15) is 53.3 Å². The molecule has 0 aliphatic carbocycles. The first-order chi connectivity index (χ1) is 15.0. The zero-order valence-corrected chi connectivity index (χ0v) is 19.9. The number of rotatable bonds is 6. The van der Waals surface area contributed by atoms with Crippen LogP contribution in [0.3, 0.4) is 0 Å². The summed E-state index contributed by atoms with van der Waals surface area (Å²) in [7, 11) is 0. The molecule has 2 aromatic carbocycles. The second-order valence-corrected chi connectivity index (χ2v) is 8.65. The number of halogens is 1. The van der Waals surface area contributed by atoms with Gasteiger partial charge in [-0.05, 0) is 80.4 Å². The molecule has 1 aliphatic rings. The fourth-order valence-electron chi connectivity index (χ4n) is 3.33. The largest absolute Gasteiger partial charge is 0.493 e. The van der Waals surface area contributed by atoms with Crippen molar-refractivity contribution < 1.29 is 14.3 Å². The van der Waals surface area contributed by atoms with E-state index < -0.39 is 0 Å². The van der Waals surface area contributed by atoms with E-state index in [0.717, 1.165) is 36.8 Å². The minimum absolute atomic E-state index is 0.0522. The van der Waals surface area contributed by atoms with Crippen LogP contribution in [0, 0.1) is 0 Å². The molecule has 3 rings (SSSR count). The fourth-order valence-corrected chi connectivity index (χ4v) is 3.90. The molecule has 0 aromatic heterocycles. The normalized spacial score (nSPS) is 13.4.